The van der Waals surface area contributed by atoms with E-state index in [-0.39, 0.29) is 84.6 Å². The Morgan fingerprint density at radius 3 is 2.45 bits per heavy atom. The first kappa shape index (κ1) is 46.4. The molecule has 18 nitrogen and oxygen atoms in total. The van der Waals surface area contributed by atoms with Crippen LogP contribution in [0, 0.1) is 43.4 Å². The minimum atomic E-state index is -1.27. The molecule has 0 radical (unpaired) electrons. The van der Waals surface area contributed by atoms with Crippen molar-refractivity contribution in [1.82, 2.24) is 30.6 Å². The minimum absolute atomic E-state index is 0.0181. The molecule has 4 aliphatic rings. The van der Waals surface area contributed by atoms with E-state index in [0.29, 0.717) is 57.3 Å². The number of rotatable bonds is 15. The minimum Gasteiger partial charge on any atom is -0.480 e. The number of azo groups is 1. The van der Waals surface area contributed by atoms with E-state index in [1.54, 1.807) is 6.92 Å². The van der Waals surface area contributed by atoms with Crippen LogP contribution in [0.4, 0.5) is 5.82 Å². The zero-order chi connectivity index (χ0) is 47.0. The van der Waals surface area contributed by atoms with Crippen molar-refractivity contribution >= 4 is 70.3 Å². The summed E-state index contributed by atoms with van der Waals surface area (Å²) < 4.78 is 5.25. The first-order valence-corrected chi connectivity index (χ1v) is 22.4. The highest BCUT2D eigenvalue weighted by Crippen LogP contribution is 2.48. The standard InChI is InChI=1S/C47H58N10O8/c1-10-26-21(4)29-18-34-36(25(8)58)23(6)31(52-34)16-30-22(5)27(40(53-30)38-39(47(64)65-9)43(60)37-24(7)32(54-41(37)38)17-33(26)51-29)13-14-35(59)48-15-11-12-28(46(62)63)55-45(61)42-44(50-19-49-42)57-56-20(2)3/h16,18-22,26-28,33,39,52,54H,10-15,17H2,1-9H3,(H,48,59)(H,49,50)(H,55,61)(H,62,63)/b31-16?,34-18?,40-38-,57-56?/t21-,22+,26-,27+,28?,33?,39?/m0/s1. The van der Waals surface area contributed by atoms with Crippen molar-refractivity contribution in [3.63, 3.8) is 0 Å². The highest BCUT2D eigenvalue weighted by atomic mass is 16.5. The second kappa shape index (κ2) is 18.9. The molecule has 0 saturated carbocycles. The number of fused-ring (bicyclic) bond motifs is 5. The fourth-order valence-electron chi connectivity index (χ4n) is 9.87. The van der Waals surface area contributed by atoms with Gasteiger partial charge in [-0.05, 0) is 83.1 Å². The molecule has 3 aromatic rings. The summed E-state index contributed by atoms with van der Waals surface area (Å²) >= 11 is 0. The van der Waals surface area contributed by atoms with E-state index in [0.717, 1.165) is 29.0 Å². The van der Waals surface area contributed by atoms with Crippen molar-refractivity contribution in [1.29, 1.82) is 0 Å². The number of hydrogen-bond acceptors (Lipinski definition) is 12. The number of aromatic amines is 3. The lowest BCUT2D eigenvalue weighted by molar-refractivity contribution is -0.142. The highest BCUT2D eigenvalue weighted by Gasteiger charge is 2.49. The number of aliphatic imine (C=N–C) groups is 2. The molecule has 65 heavy (non-hydrogen) atoms. The molecular weight excluding hydrogens is 833 g/mol. The summed E-state index contributed by atoms with van der Waals surface area (Å²) in [5.41, 5.74) is 6.36. The predicted octanol–water partition coefficient (Wildman–Crippen LogP) is 4.64. The van der Waals surface area contributed by atoms with Gasteiger partial charge >= 0.3 is 11.9 Å². The highest BCUT2D eigenvalue weighted by molar-refractivity contribution is 6.25. The summed E-state index contributed by atoms with van der Waals surface area (Å²) in [6.45, 7) is 15.4. The van der Waals surface area contributed by atoms with Gasteiger partial charge in [-0.25, -0.2) is 9.78 Å². The number of esters is 1. The molecule has 7 atom stereocenters. The smallest absolute Gasteiger partial charge is 0.326 e. The van der Waals surface area contributed by atoms with E-state index < -0.39 is 35.7 Å². The maximum Gasteiger partial charge on any atom is 0.326 e. The molecule has 8 bridgehead atoms. The Balaban J connectivity index is 1.18. The Morgan fingerprint density at radius 2 is 1.77 bits per heavy atom. The first-order valence-electron chi connectivity index (χ1n) is 22.4. The van der Waals surface area contributed by atoms with Gasteiger partial charge in [-0.15, -0.1) is 5.11 Å². The number of nitrogens with one attached hydrogen (secondary N) is 5. The molecule has 0 fully saturated rings. The van der Waals surface area contributed by atoms with Crippen molar-refractivity contribution < 1.29 is 38.6 Å². The number of carboxylic acids is 1. The summed E-state index contributed by atoms with van der Waals surface area (Å²) in [7, 11) is 1.25. The van der Waals surface area contributed by atoms with Crippen molar-refractivity contribution in [2.75, 3.05) is 13.7 Å². The van der Waals surface area contributed by atoms with Crippen molar-refractivity contribution in [3.05, 3.63) is 62.1 Å². The van der Waals surface area contributed by atoms with E-state index in [4.69, 9.17) is 14.7 Å². The van der Waals surface area contributed by atoms with Crippen LogP contribution >= 0.6 is 0 Å². The molecular formula is C47H58N10O8. The number of H-pyrrole nitrogens is 3. The second-order valence-electron chi connectivity index (χ2n) is 17.8. The number of allylic oxidation sites excluding steroid dienone is 1. The van der Waals surface area contributed by atoms with Crippen LogP contribution in [0.3, 0.4) is 0 Å². The number of methoxy groups -OCH3 is 1. The van der Waals surface area contributed by atoms with Gasteiger partial charge in [0.05, 0.1) is 42.3 Å². The number of carbonyl (C=O) groups excluding carboxylic acids is 5. The lowest BCUT2D eigenvalue weighted by atomic mass is 9.83. The third-order valence-electron chi connectivity index (χ3n) is 13.4. The van der Waals surface area contributed by atoms with Gasteiger partial charge < -0.3 is 35.4 Å². The van der Waals surface area contributed by atoms with Gasteiger partial charge in [-0.1, -0.05) is 27.2 Å². The van der Waals surface area contributed by atoms with Crippen molar-refractivity contribution in [2.24, 2.45) is 49.8 Å². The predicted molar refractivity (Wildman–Crippen MR) is 243 cm³/mol. The number of aromatic nitrogens is 4. The number of imidazole rings is 1. The third kappa shape index (κ3) is 8.94. The summed E-state index contributed by atoms with van der Waals surface area (Å²) in [6.07, 6.45) is 7.19. The number of carboxylic acid groups (broad SMARTS) is 1. The molecule has 6 N–H and O–H groups in total. The average molecular weight is 891 g/mol. The van der Waals surface area contributed by atoms with Crippen LogP contribution in [-0.4, -0.2) is 104 Å². The Labute approximate surface area is 376 Å². The molecule has 3 unspecified atom stereocenters. The number of Topliss-reactive ketones (excluding diaryl/α,β-unsaturated/α-hetero) is 2. The number of amides is 2. The van der Waals surface area contributed by atoms with Crippen LogP contribution in [-0.2, 0) is 25.5 Å². The van der Waals surface area contributed by atoms with Crippen LogP contribution in [0.2, 0.25) is 0 Å². The Bertz CT molecular complexity index is 2710. The Kier molecular flexibility index (Phi) is 13.5. The Hall–Kier alpha value is -6.59. The quantitative estimate of drug-likeness (QED) is 0.0407. The molecule has 344 valence electrons. The summed E-state index contributed by atoms with van der Waals surface area (Å²) in [5, 5.41) is 24.6. The first-order chi connectivity index (χ1) is 30.9. The molecule has 2 amide bonds. The number of hydrogen-bond donors (Lipinski definition) is 6. The van der Waals surface area contributed by atoms with E-state index in [1.165, 1.54) is 13.4 Å². The lowest BCUT2D eigenvalue weighted by Crippen LogP contribution is -2.41. The van der Waals surface area contributed by atoms with Crippen LogP contribution in [0.5, 0.6) is 0 Å². The van der Waals surface area contributed by atoms with E-state index in [1.807, 2.05) is 46.8 Å². The van der Waals surface area contributed by atoms with Gasteiger partial charge in [0.1, 0.15) is 12.0 Å². The number of aliphatic carboxylic acids is 1. The monoisotopic (exact) mass is 890 g/mol. The summed E-state index contributed by atoms with van der Waals surface area (Å²) in [5.74, 6) is -5.01. The zero-order valence-corrected chi connectivity index (χ0v) is 38.3. The van der Waals surface area contributed by atoms with E-state index in [9.17, 15) is 33.9 Å². The average Bonchev–Trinajstić information content (AvgIpc) is 4.09. The van der Waals surface area contributed by atoms with E-state index >= 15 is 0 Å². The molecule has 18 heteroatoms. The van der Waals surface area contributed by atoms with Crippen molar-refractivity contribution in [2.45, 2.75) is 112 Å². The molecule has 0 aromatic carbocycles. The van der Waals surface area contributed by atoms with Gasteiger partial charge in [0, 0.05) is 76.3 Å². The van der Waals surface area contributed by atoms with Gasteiger partial charge in [0.2, 0.25) is 11.7 Å². The maximum absolute atomic E-state index is 14.4. The topological polar surface area (TPSA) is 266 Å². The molecule has 3 aliphatic heterocycles. The zero-order valence-electron chi connectivity index (χ0n) is 38.3. The number of ether oxygens (including phenoxy) is 1. The molecule has 0 spiro atoms. The summed E-state index contributed by atoms with van der Waals surface area (Å²) in [4.78, 5) is 104. The fourth-order valence-corrected chi connectivity index (χ4v) is 9.87. The van der Waals surface area contributed by atoms with Crippen LogP contribution in [0.15, 0.2) is 32.2 Å². The molecule has 6 heterocycles. The van der Waals surface area contributed by atoms with Crippen LogP contribution in [0.1, 0.15) is 127 Å². The molecule has 3 aromatic heterocycles. The SMILES string of the molecule is CC[C@@H]1C2Cc3[nH]c4c(c3C)C(=O)C(C(=O)OC)/C4=C3/N=C(C=c4[nH]c(c(C(C)=O)c4C)=CC(=N2)[C@H]1C)[C@H](C)[C@H]3CCC(=O)NCCCC(NC(=O)c1[nH]cnc1N=NC(C)C)C(=O)O. The third-order valence-corrected chi connectivity index (χ3v) is 13.4. The van der Waals surface area contributed by atoms with Gasteiger partial charge in [-0.2, -0.15) is 5.11 Å². The molecule has 7 rings (SSSR count). The number of ketones is 2. The van der Waals surface area contributed by atoms with Crippen LogP contribution in [0.25, 0.3) is 17.7 Å². The van der Waals surface area contributed by atoms with Gasteiger partial charge in [-0.3, -0.25) is 34.0 Å². The normalized spacial score (nSPS) is 23.8. The number of nitrogens with zero attached hydrogens (tertiary/aromatic N) is 5. The summed E-state index contributed by atoms with van der Waals surface area (Å²) in [6, 6.07) is -1.49. The number of carbonyl (C=O) groups is 6. The molecule has 0 saturated heterocycles. The maximum atomic E-state index is 14.4. The molecule has 1 aliphatic carbocycles. The van der Waals surface area contributed by atoms with E-state index in [2.05, 4.69) is 54.6 Å². The Morgan fingerprint density at radius 1 is 1.03 bits per heavy atom. The fraction of sp³-hybridized carbons (Fsp3) is 0.511. The van der Waals surface area contributed by atoms with Crippen LogP contribution < -0.4 is 21.3 Å². The largest absolute Gasteiger partial charge is 0.480 e. The van der Waals surface area contributed by atoms with Gasteiger partial charge in [0.15, 0.2) is 17.3 Å². The second-order valence-corrected chi connectivity index (χ2v) is 17.8. The van der Waals surface area contributed by atoms with Crippen molar-refractivity contribution in [3.8, 4) is 0 Å². The lowest BCUT2D eigenvalue weighted by Gasteiger charge is -2.21. The van der Waals surface area contributed by atoms with Gasteiger partial charge in [0.25, 0.3) is 5.91 Å².